The molecule has 1 nitrogen and oxygen atoms in total. The summed E-state index contributed by atoms with van der Waals surface area (Å²) in [5.74, 6) is 0. The number of nitrogens with zero attached hydrogens (tertiary/aromatic N) is 1. The monoisotopic (exact) mass is 597 g/mol. The van der Waals surface area contributed by atoms with Crippen LogP contribution in [-0.4, -0.2) is 0 Å². The van der Waals surface area contributed by atoms with Crippen molar-refractivity contribution in [1.29, 1.82) is 0 Å². The Bertz CT molecular complexity index is 2550. The van der Waals surface area contributed by atoms with Crippen LogP contribution in [0.1, 0.15) is 0 Å². The summed E-state index contributed by atoms with van der Waals surface area (Å²) < 4.78 is 0. The summed E-state index contributed by atoms with van der Waals surface area (Å²) in [5.41, 5.74) is 8.25. The van der Waals surface area contributed by atoms with Crippen LogP contribution in [0.5, 0.6) is 0 Å². The maximum atomic E-state index is 2.36. The summed E-state index contributed by atoms with van der Waals surface area (Å²) >= 11 is 0. The first kappa shape index (κ1) is 27.2. The van der Waals surface area contributed by atoms with E-state index in [0.717, 1.165) is 17.1 Å². The molecule has 0 atom stereocenters. The lowest BCUT2D eigenvalue weighted by Crippen LogP contribution is -2.09. The largest absolute Gasteiger partial charge is 0.310 e. The van der Waals surface area contributed by atoms with Crippen molar-refractivity contribution in [3.8, 4) is 22.3 Å². The second-order valence-corrected chi connectivity index (χ2v) is 12.2. The Labute approximate surface area is 274 Å². The van der Waals surface area contributed by atoms with E-state index in [-0.39, 0.29) is 0 Å². The van der Waals surface area contributed by atoms with Crippen LogP contribution >= 0.6 is 0 Å². The molecule has 47 heavy (non-hydrogen) atoms. The molecule has 0 unspecified atom stereocenters. The van der Waals surface area contributed by atoms with Crippen LogP contribution in [0, 0.1) is 0 Å². The third-order valence-electron chi connectivity index (χ3n) is 9.41. The number of hydrogen-bond donors (Lipinski definition) is 0. The second kappa shape index (κ2) is 11.3. The van der Waals surface area contributed by atoms with E-state index in [0.29, 0.717) is 0 Å². The number of rotatable bonds is 5. The molecule has 9 aromatic carbocycles. The van der Waals surface area contributed by atoms with Crippen LogP contribution in [0.25, 0.3) is 65.3 Å². The van der Waals surface area contributed by atoms with E-state index in [1.807, 2.05) is 0 Å². The van der Waals surface area contributed by atoms with E-state index in [4.69, 9.17) is 0 Å². The zero-order chi connectivity index (χ0) is 31.2. The molecule has 0 spiro atoms. The van der Waals surface area contributed by atoms with E-state index in [2.05, 4.69) is 193 Å². The molecule has 0 saturated carbocycles. The fourth-order valence-electron chi connectivity index (χ4n) is 7.10. The molecule has 0 aliphatic carbocycles. The molecule has 220 valence electrons. The van der Waals surface area contributed by atoms with Crippen LogP contribution in [0.2, 0.25) is 0 Å². The molecule has 0 N–H and O–H groups in total. The number of fused-ring (bicyclic) bond motifs is 6. The van der Waals surface area contributed by atoms with Crippen LogP contribution in [0.4, 0.5) is 17.1 Å². The molecular weight excluding hydrogens is 567 g/mol. The molecule has 0 heterocycles. The van der Waals surface area contributed by atoms with E-state index < -0.39 is 0 Å². The number of benzene rings is 9. The predicted molar refractivity (Wildman–Crippen MR) is 202 cm³/mol. The fourth-order valence-corrected chi connectivity index (χ4v) is 7.10. The van der Waals surface area contributed by atoms with Gasteiger partial charge in [0.05, 0.1) is 0 Å². The van der Waals surface area contributed by atoms with Crippen molar-refractivity contribution < 1.29 is 0 Å². The SMILES string of the molecule is c1ccc(-c2ccc(N(c3ccc(-c4cc5ccc6ccccc6c5c5ccccc45)cc3)c3ccc4ccccc4c3)cc2)cc1. The molecule has 0 fully saturated rings. The molecule has 0 aliphatic heterocycles. The minimum Gasteiger partial charge on any atom is -0.310 e. The Balaban J connectivity index is 1.17. The maximum absolute atomic E-state index is 2.36. The fraction of sp³-hybridized carbons (Fsp3) is 0. The highest BCUT2D eigenvalue weighted by molar-refractivity contribution is 6.23. The molecule has 9 aromatic rings. The van der Waals surface area contributed by atoms with Gasteiger partial charge in [-0.25, -0.2) is 0 Å². The van der Waals surface area contributed by atoms with Crippen molar-refractivity contribution in [2.75, 3.05) is 4.90 Å². The van der Waals surface area contributed by atoms with Crippen molar-refractivity contribution in [2.24, 2.45) is 0 Å². The quantitative estimate of drug-likeness (QED) is 0.178. The minimum absolute atomic E-state index is 1.12. The van der Waals surface area contributed by atoms with Gasteiger partial charge < -0.3 is 4.90 Å². The minimum atomic E-state index is 1.12. The van der Waals surface area contributed by atoms with Gasteiger partial charge in [0, 0.05) is 17.1 Å². The van der Waals surface area contributed by atoms with Gasteiger partial charge in [-0.1, -0.05) is 146 Å². The van der Waals surface area contributed by atoms with Crippen molar-refractivity contribution in [2.45, 2.75) is 0 Å². The average Bonchev–Trinajstić information content (AvgIpc) is 3.15. The van der Waals surface area contributed by atoms with Crippen LogP contribution in [-0.2, 0) is 0 Å². The summed E-state index contributed by atoms with van der Waals surface area (Å²) in [6.07, 6.45) is 0. The van der Waals surface area contributed by atoms with Gasteiger partial charge >= 0.3 is 0 Å². The summed E-state index contributed by atoms with van der Waals surface area (Å²) in [6, 6.07) is 68.2. The van der Waals surface area contributed by atoms with Gasteiger partial charge in [0.25, 0.3) is 0 Å². The Morgan fingerprint density at radius 2 is 0.787 bits per heavy atom. The molecule has 0 bridgehead atoms. The average molecular weight is 598 g/mol. The summed E-state index contributed by atoms with van der Waals surface area (Å²) in [5, 5.41) is 10.2. The maximum Gasteiger partial charge on any atom is 0.0468 e. The Kier molecular flexibility index (Phi) is 6.54. The van der Waals surface area contributed by atoms with Gasteiger partial charge in [0.2, 0.25) is 0 Å². The van der Waals surface area contributed by atoms with E-state index >= 15 is 0 Å². The van der Waals surface area contributed by atoms with Gasteiger partial charge in [-0.2, -0.15) is 0 Å². The highest BCUT2D eigenvalue weighted by Crippen LogP contribution is 2.41. The van der Waals surface area contributed by atoms with E-state index in [1.54, 1.807) is 0 Å². The molecule has 0 amide bonds. The van der Waals surface area contributed by atoms with Gasteiger partial charge in [-0.3, -0.25) is 0 Å². The molecule has 0 aliphatic rings. The van der Waals surface area contributed by atoms with E-state index in [1.165, 1.54) is 65.3 Å². The zero-order valence-corrected chi connectivity index (χ0v) is 25.8. The van der Waals surface area contributed by atoms with Gasteiger partial charge in [-0.15, -0.1) is 0 Å². The Hall–Kier alpha value is -6.18. The molecular formula is C46H31N. The lowest BCUT2D eigenvalue weighted by molar-refractivity contribution is 1.29. The standard InChI is InChI=1S/C46H31N/c1-2-10-32(11-3-1)34-20-25-39(26-21-34)47(41-29-22-33-12-4-5-14-37(33)30-41)40-27-23-36(24-28-40)45-31-38-19-18-35-13-6-7-15-42(35)46(38)44-17-9-8-16-43(44)45/h1-31H. The number of hydrogen-bond acceptors (Lipinski definition) is 1. The number of anilines is 3. The first-order valence-corrected chi connectivity index (χ1v) is 16.2. The van der Waals surface area contributed by atoms with Crippen LogP contribution < -0.4 is 4.90 Å². The third-order valence-corrected chi connectivity index (χ3v) is 9.41. The smallest absolute Gasteiger partial charge is 0.0468 e. The van der Waals surface area contributed by atoms with Crippen molar-refractivity contribution in [1.82, 2.24) is 0 Å². The zero-order valence-electron chi connectivity index (χ0n) is 25.8. The van der Waals surface area contributed by atoms with Gasteiger partial charge in [0.1, 0.15) is 0 Å². The first-order chi connectivity index (χ1) is 23.3. The highest BCUT2D eigenvalue weighted by atomic mass is 15.1. The molecule has 0 aromatic heterocycles. The summed E-state index contributed by atoms with van der Waals surface area (Å²) in [6.45, 7) is 0. The topological polar surface area (TPSA) is 3.24 Å². The summed E-state index contributed by atoms with van der Waals surface area (Å²) in [4.78, 5) is 2.36. The van der Waals surface area contributed by atoms with Crippen LogP contribution in [0.3, 0.4) is 0 Å². The Morgan fingerprint density at radius 1 is 0.277 bits per heavy atom. The van der Waals surface area contributed by atoms with Crippen molar-refractivity contribution >= 4 is 60.2 Å². The molecule has 1 heteroatoms. The van der Waals surface area contributed by atoms with Gasteiger partial charge in [0.15, 0.2) is 0 Å². The highest BCUT2D eigenvalue weighted by Gasteiger charge is 2.16. The van der Waals surface area contributed by atoms with Crippen LogP contribution in [0.15, 0.2) is 188 Å². The second-order valence-electron chi connectivity index (χ2n) is 12.2. The van der Waals surface area contributed by atoms with Gasteiger partial charge in [-0.05, 0) is 108 Å². The first-order valence-electron chi connectivity index (χ1n) is 16.2. The van der Waals surface area contributed by atoms with Crippen molar-refractivity contribution in [3.05, 3.63) is 188 Å². The van der Waals surface area contributed by atoms with Crippen molar-refractivity contribution in [3.63, 3.8) is 0 Å². The third kappa shape index (κ3) is 4.81. The lowest BCUT2D eigenvalue weighted by atomic mass is 9.90. The van der Waals surface area contributed by atoms with E-state index in [9.17, 15) is 0 Å². The molecule has 0 saturated heterocycles. The normalized spacial score (nSPS) is 11.4. The summed E-state index contributed by atoms with van der Waals surface area (Å²) in [7, 11) is 0. The predicted octanol–water partition coefficient (Wildman–Crippen LogP) is 13.1. The molecule has 9 rings (SSSR count). The Morgan fingerprint density at radius 3 is 1.53 bits per heavy atom. The lowest BCUT2D eigenvalue weighted by Gasteiger charge is -2.26. The molecule has 0 radical (unpaired) electrons.